The van der Waals surface area contributed by atoms with Gasteiger partial charge in [0.15, 0.2) is 6.10 Å². The fourth-order valence-electron chi connectivity index (χ4n) is 2.48. The molecule has 0 aromatic heterocycles. The third-order valence-corrected chi connectivity index (χ3v) is 4.42. The Hall–Kier alpha value is -2.24. The number of amides is 2. The van der Waals surface area contributed by atoms with Crippen LogP contribution in [0.5, 0.6) is 5.75 Å². The van der Waals surface area contributed by atoms with E-state index in [0.29, 0.717) is 33.6 Å². The fourth-order valence-corrected chi connectivity index (χ4v) is 2.99. The van der Waals surface area contributed by atoms with Crippen LogP contribution in [0.1, 0.15) is 18.9 Å². The van der Waals surface area contributed by atoms with Crippen LogP contribution in [-0.4, -0.2) is 17.9 Å². The molecule has 3 rings (SSSR count). The number of fused-ring (bicyclic) bond motifs is 1. The zero-order valence-electron chi connectivity index (χ0n) is 13.4. The Morgan fingerprint density at radius 3 is 2.80 bits per heavy atom. The molecule has 0 spiro atoms. The van der Waals surface area contributed by atoms with Crippen molar-refractivity contribution in [3.8, 4) is 5.75 Å². The lowest BCUT2D eigenvalue weighted by atomic mass is 10.1. The van der Waals surface area contributed by atoms with Crippen LogP contribution < -0.4 is 15.4 Å². The van der Waals surface area contributed by atoms with E-state index in [1.165, 1.54) is 0 Å². The predicted molar refractivity (Wildman–Crippen MR) is 98.6 cm³/mol. The van der Waals surface area contributed by atoms with Gasteiger partial charge in [-0.25, -0.2) is 0 Å². The molecule has 0 fully saturated rings. The normalized spacial score (nSPS) is 15.8. The molecule has 0 saturated heterocycles. The minimum Gasteiger partial charge on any atom is -0.479 e. The number of benzene rings is 2. The molecule has 0 saturated carbocycles. The van der Waals surface area contributed by atoms with Gasteiger partial charge >= 0.3 is 0 Å². The van der Waals surface area contributed by atoms with Crippen molar-refractivity contribution in [1.29, 1.82) is 0 Å². The molecule has 7 heteroatoms. The second-order valence-corrected chi connectivity index (χ2v) is 6.59. The zero-order chi connectivity index (χ0) is 18.0. The van der Waals surface area contributed by atoms with Crippen LogP contribution in [0.2, 0.25) is 10.0 Å². The summed E-state index contributed by atoms with van der Waals surface area (Å²) in [6.45, 7) is 1.68. The van der Waals surface area contributed by atoms with Crippen LogP contribution in [0.25, 0.3) is 0 Å². The Labute approximate surface area is 155 Å². The number of hydrogen-bond donors (Lipinski definition) is 2. The summed E-state index contributed by atoms with van der Waals surface area (Å²) in [7, 11) is 0. The first kappa shape index (κ1) is 17.6. The van der Waals surface area contributed by atoms with Crippen LogP contribution in [0, 0.1) is 0 Å². The second kappa shape index (κ2) is 7.33. The molecule has 1 atom stereocenters. The Balaban J connectivity index is 1.61. The molecule has 1 heterocycles. The van der Waals surface area contributed by atoms with E-state index in [1.807, 2.05) is 6.07 Å². The van der Waals surface area contributed by atoms with Gasteiger partial charge in [-0.05, 0) is 49.2 Å². The molecule has 0 aliphatic carbocycles. The maximum atomic E-state index is 12.1. The van der Waals surface area contributed by atoms with E-state index < -0.39 is 6.10 Å². The second-order valence-electron chi connectivity index (χ2n) is 5.74. The molecule has 1 unspecified atom stereocenters. The number of carbonyl (C=O) groups excluding carboxylic acids is 2. The first-order valence-electron chi connectivity index (χ1n) is 7.78. The monoisotopic (exact) mass is 378 g/mol. The van der Waals surface area contributed by atoms with Crippen molar-refractivity contribution < 1.29 is 14.3 Å². The molecule has 25 heavy (non-hydrogen) atoms. The Bertz CT molecular complexity index is 839. The van der Waals surface area contributed by atoms with E-state index in [4.69, 9.17) is 27.9 Å². The highest BCUT2D eigenvalue weighted by Crippen LogP contribution is 2.32. The molecule has 5 nitrogen and oxygen atoms in total. The van der Waals surface area contributed by atoms with Crippen molar-refractivity contribution in [2.45, 2.75) is 25.9 Å². The van der Waals surface area contributed by atoms with E-state index in [-0.39, 0.29) is 18.2 Å². The average molecular weight is 379 g/mol. The number of ether oxygens (including phenoxy) is 1. The largest absolute Gasteiger partial charge is 0.479 e. The van der Waals surface area contributed by atoms with Crippen molar-refractivity contribution in [2.24, 2.45) is 0 Å². The van der Waals surface area contributed by atoms with Gasteiger partial charge in [0.05, 0.1) is 5.69 Å². The maximum absolute atomic E-state index is 12.1. The van der Waals surface area contributed by atoms with Crippen LogP contribution >= 0.6 is 23.2 Å². The van der Waals surface area contributed by atoms with Gasteiger partial charge in [0.1, 0.15) is 5.75 Å². The summed E-state index contributed by atoms with van der Waals surface area (Å²) in [5.41, 5.74) is 1.99. The van der Waals surface area contributed by atoms with Crippen LogP contribution in [0.4, 0.5) is 11.4 Å². The Kier molecular flexibility index (Phi) is 5.16. The summed E-state index contributed by atoms with van der Waals surface area (Å²) in [4.78, 5) is 23.8. The summed E-state index contributed by atoms with van der Waals surface area (Å²) >= 11 is 12.0. The smallest absolute Gasteiger partial charge is 0.265 e. The topological polar surface area (TPSA) is 67.4 Å². The number of anilines is 2. The third-order valence-electron chi connectivity index (χ3n) is 3.83. The average Bonchev–Trinajstić information content (AvgIpc) is 2.55. The van der Waals surface area contributed by atoms with Crippen molar-refractivity contribution in [3.63, 3.8) is 0 Å². The highest BCUT2D eigenvalue weighted by molar-refractivity contribution is 6.35. The lowest BCUT2D eigenvalue weighted by molar-refractivity contribution is -0.122. The standard InChI is InChI=1S/C18H16Cl2N2O3/c1-10-18(24)22-15-9-13(5-6-16(15)25-10)21-17(23)7-3-11-2-4-12(19)8-14(11)20/h2,4-6,8-10H,3,7H2,1H3,(H,21,23)(H,22,24). The SMILES string of the molecule is CC1Oc2ccc(NC(=O)CCc3ccc(Cl)cc3Cl)cc2NC1=O. The first-order valence-corrected chi connectivity index (χ1v) is 8.53. The number of halogens is 2. The number of aryl methyl sites for hydroxylation is 1. The zero-order valence-corrected chi connectivity index (χ0v) is 14.9. The maximum Gasteiger partial charge on any atom is 0.265 e. The van der Waals surface area contributed by atoms with Gasteiger partial charge < -0.3 is 15.4 Å². The van der Waals surface area contributed by atoms with Gasteiger partial charge in [-0.3, -0.25) is 9.59 Å². The van der Waals surface area contributed by atoms with E-state index >= 15 is 0 Å². The van der Waals surface area contributed by atoms with Crippen molar-refractivity contribution >= 4 is 46.4 Å². The molecule has 2 amide bonds. The molecule has 2 aromatic rings. The van der Waals surface area contributed by atoms with E-state index in [2.05, 4.69) is 10.6 Å². The molecule has 2 N–H and O–H groups in total. The van der Waals surface area contributed by atoms with Crippen LogP contribution in [-0.2, 0) is 16.0 Å². The number of hydrogen-bond acceptors (Lipinski definition) is 3. The number of rotatable bonds is 4. The summed E-state index contributed by atoms with van der Waals surface area (Å²) in [6, 6.07) is 10.3. The molecule has 1 aliphatic heterocycles. The van der Waals surface area contributed by atoms with Crippen molar-refractivity contribution in [2.75, 3.05) is 10.6 Å². The highest BCUT2D eigenvalue weighted by Gasteiger charge is 2.23. The van der Waals surface area contributed by atoms with Crippen molar-refractivity contribution in [1.82, 2.24) is 0 Å². The number of carbonyl (C=O) groups is 2. The fraction of sp³-hybridized carbons (Fsp3) is 0.222. The molecule has 2 aromatic carbocycles. The molecular weight excluding hydrogens is 363 g/mol. The van der Waals surface area contributed by atoms with E-state index in [1.54, 1.807) is 37.3 Å². The first-order chi connectivity index (χ1) is 11.9. The molecule has 1 aliphatic rings. The minimum absolute atomic E-state index is 0.151. The Morgan fingerprint density at radius 2 is 2.04 bits per heavy atom. The molecule has 0 bridgehead atoms. The minimum atomic E-state index is -0.530. The quantitative estimate of drug-likeness (QED) is 0.833. The lowest BCUT2D eigenvalue weighted by Crippen LogP contribution is -2.34. The van der Waals surface area contributed by atoms with Gasteiger partial charge in [0.2, 0.25) is 5.91 Å². The molecule has 0 radical (unpaired) electrons. The summed E-state index contributed by atoms with van der Waals surface area (Å²) in [5.74, 6) is 0.216. The van der Waals surface area contributed by atoms with E-state index in [0.717, 1.165) is 5.56 Å². The summed E-state index contributed by atoms with van der Waals surface area (Å²) in [6.07, 6.45) is 0.250. The molecular formula is C18H16Cl2N2O3. The predicted octanol–water partition coefficient (Wildman–Crippen LogP) is 4.28. The highest BCUT2D eigenvalue weighted by atomic mass is 35.5. The van der Waals surface area contributed by atoms with Crippen LogP contribution in [0.3, 0.4) is 0 Å². The Morgan fingerprint density at radius 1 is 1.24 bits per heavy atom. The lowest BCUT2D eigenvalue weighted by Gasteiger charge is -2.23. The third kappa shape index (κ3) is 4.24. The van der Waals surface area contributed by atoms with Crippen molar-refractivity contribution in [3.05, 3.63) is 52.0 Å². The summed E-state index contributed by atoms with van der Waals surface area (Å²) < 4.78 is 5.48. The van der Waals surface area contributed by atoms with Gasteiger partial charge in [0.25, 0.3) is 5.91 Å². The molecule has 130 valence electrons. The number of nitrogens with one attached hydrogen (secondary N) is 2. The van der Waals surface area contributed by atoms with E-state index in [9.17, 15) is 9.59 Å². The van der Waals surface area contributed by atoms with Gasteiger partial charge in [0, 0.05) is 22.2 Å². The van der Waals surface area contributed by atoms with Gasteiger partial charge in [-0.1, -0.05) is 29.3 Å². The van der Waals surface area contributed by atoms with Gasteiger partial charge in [-0.15, -0.1) is 0 Å². The van der Waals surface area contributed by atoms with Crippen LogP contribution in [0.15, 0.2) is 36.4 Å². The summed E-state index contributed by atoms with van der Waals surface area (Å²) in [5, 5.41) is 6.66. The van der Waals surface area contributed by atoms with Gasteiger partial charge in [-0.2, -0.15) is 0 Å².